The van der Waals surface area contributed by atoms with E-state index in [9.17, 15) is 5.11 Å². The number of hydrogen-bond acceptors (Lipinski definition) is 5. The second kappa shape index (κ2) is 8.84. The van der Waals surface area contributed by atoms with Crippen LogP contribution in [0.3, 0.4) is 0 Å². The molecule has 0 unspecified atom stereocenters. The Morgan fingerprint density at radius 3 is 2.27 bits per heavy atom. The van der Waals surface area contributed by atoms with Crippen LogP contribution in [0.2, 0.25) is 5.02 Å². The minimum Gasteiger partial charge on any atom is -0.507 e. The van der Waals surface area contributed by atoms with E-state index >= 15 is 0 Å². The quantitative estimate of drug-likeness (QED) is 0.417. The van der Waals surface area contributed by atoms with Gasteiger partial charge in [-0.3, -0.25) is 4.99 Å². The van der Waals surface area contributed by atoms with E-state index in [0.717, 1.165) is 50.7 Å². The van der Waals surface area contributed by atoms with Gasteiger partial charge >= 0.3 is 0 Å². The molecule has 0 saturated carbocycles. The van der Waals surface area contributed by atoms with Crippen LogP contribution in [0.4, 0.5) is 0 Å². The van der Waals surface area contributed by atoms with Gasteiger partial charge in [0.1, 0.15) is 11.3 Å². The third kappa shape index (κ3) is 5.30. The van der Waals surface area contributed by atoms with Gasteiger partial charge in [-0.2, -0.15) is 0 Å². The van der Waals surface area contributed by atoms with Crippen LogP contribution in [-0.2, 0) is 17.3 Å². The van der Waals surface area contributed by atoms with Crippen molar-refractivity contribution in [3.05, 3.63) is 63.5 Å². The highest BCUT2D eigenvalue weighted by molar-refractivity contribution is 8.14. The number of oxazole rings is 1. The van der Waals surface area contributed by atoms with E-state index in [2.05, 4.69) is 58.7 Å². The van der Waals surface area contributed by atoms with Crippen molar-refractivity contribution in [1.29, 1.82) is 0 Å². The smallest absolute Gasteiger partial charge is 0.199 e. The molecular formula is C27H31ClN2O2S. The first-order chi connectivity index (χ1) is 15.4. The van der Waals surface area contributed by atoms with Gasteiger partial charge < -0.3 is 9.52 Å². The molecule has 0 amide bonds. The number of phenols is 1. The highest BCUT2D eigenvalue weighted by Gasteiger charge is 2.27. The van der Waals surface area contributed by atoms with Crippen molar-refractivity contribution >= 4 is 45.6 Å². The largest absolute Gasteiger partial charge is 0.507 e. The van der Waals surface area contributed by atoms with Gasteiger partial charge in [-0.15, -0.1) is 11.8 Å². The normalized spacial score (nSPS) is 15.1. The molecule has 3 aromatic rings. The van der Waals surface area contributed by atoms with E-state index in [4.69, 9.17) is 21.0 Å². The van der Waals surface area contributed by atoms with Gasteiger partial charge in [0.2, 0.25) is 0 Å². The maximum absolute atomic E-state index is 11.0. The van der Waals surface area contributed by atoms with Crippen LogP contribution < -0.4 is 0 Å². The van der Waals surface area contributed by atoms with Crippen molar-refractivity contribution in [3.8, 4) is 5.75 Å². The average molecular weight is 483 g/mol. The Morgan fingerprint density at radius 1 is 1.03 bits per heavy atom. The monoisotopic (exact) mass is 482 g/mol. The van der Waals surface area contributed by atoms with Crippen LogP contribution in [0.15, 0.2) is 39.8 Å². The number of aromatic hydroxyl groups is 1. The first-order valence-corrected chi connectivity index (χ1v) is 12.6. The van der Waals surface area contributed by atoms with Crippen molar-refractivity contribution in [2.24, 2.45) is 4.99 Å². The summed E-state index contributed by atoms with van der Waals surface area (Å²) in [5.74, 6) is 2.03. The number of fused-ring (bicyclic) bond motifs is 1. The van der Waals surface area contributed by atoms with Gasteiger partial charge in [-0.1, -0.05) is 65.3 Å². The third-order valence-electron chi connectivity index (χ3n) is 5.68. The minimum absolute atomic E-state index is 0.187. The summed E-state index contributed by atoms with van der Waals surface area (Å²) in [5, 5.41) is 12.7. The lowest BCUT2D eigenvalue weighted by atomic mass is 9.78. The molecule has 0 bridgehead atoms. The fourth-order valence-electron chi connectivity index (χ4n) is 4.00. The zero-order valence-corrected chi connectivity index (χ0v) is 21.7. The summed E-state index contributed by atoms with van der Waals surface area (Å²) in [6.07, 6.45) is 4.54. The SMILES string of the molecule is CC(C)(C)c1cc(Cc2nc3cc(Cl)cc(/C=C/C4=NCCS4)c3o2)cc(C(C)(C)C)c1O. The molecule has 6 heteroatoms. The molecule has 4 rings (SSSR count). The summed E-state index contributed by atoms with van der Waals surface area (Å²) < 4.78 is 6.22. The molecular weight excluding hydrogens is 452 g/mol. The summed E-state index contributed by atoms with van der Waals surface area (Å²) in [4.78, 5) is 9.20. The van der Waals surface area contributed by atoms with E-state index in [1.807, 2.05) is 24.3 Å². The van der Waals surface area contributed by atoms with Gasteiger partial charge in [0, 0.05) is 29.3 Å². The number of hydrogen-bond donors (Lipinski definition) is 1. The Labute approximate surface area is 205 Å². The van der Waals surface area contributed by atoms with E-state index in [1.165, 1.54) is 0 Å². The number of aromatic nitrogens is 1. The Hall–Kier alpha value is -2.24. The predicted octanol–water partition coefficient (Wildman–Crippen LogP) is 7.53. The number of rotatable bonds is 4. The molecule has 4 nitrogen and oxygen atoms in total. The van der Waals surface area contributed by atoms with E-state index in [1.54, 1.807) is 11.8 Å². The summed E-state index contributed by atoms with van der Waals surface area (Å²) in [6.45, 7) is 13.6. The number of aliphatic imine (C=N–C) groups is 1. The fourth-order valence-corrected chi connectivity index (χ4v) is 4.96. The first kappa shape index (κ1) is 23.9. The van der Waals surface area contributed by atoms with Crippen LogP contribution in [-0.4, -0.2) is 27.4 Å². The molecule has 0 spiro atoms. The van der Waals surface area contributed by atoms with Gasteiger partial charge in [0.05, 0.1) is 5.04 Å². The average Bonchev–Trinajstić information content (AvgIpc) is 3.35. The number of benzene rings is 2. The molecule has 2 heterocycles. The lowest BCUT2D eigenvalue weighted by molar-refractivity contribution is 0.422. The molecule has 1 aliphatic heterocycles. The van der Waals surface area contributed by atoms with E-state index in [-0.39, 0.29) is 10.8 Å². The van der Waals surface area contributed by atoms with E-state index < -0.39 is 0 Å². The molecule has 0 fully saturated rings. The predicted molar refractivity (Wildman–Crippen MR) is 141 cm³/mol. The van der Waals surface area contributed by atoms with Gasteiger partial charge in [-0.05, 0) is 51.8 Å². The maximum Gasteiger partial charge on any atom is 0.199 e. The molecule has 0 aliphatic carbocycles. The molecule has 1 aromatic heterocycles. The minimum atomic E-state index is -0.187. The van der Waals surface area contributed by atoms with Crippen molar-refractivity contribution in [3.63, 3.8) is 0 Å². The second-order valence-electron chi connectivity index (χ2n) is 10.6. The number of thioether (sulfide) groups is 1. The van der Waals surface area contributed by atoms with Gasteiger partial charge in [-0.25, -0.2) is 4.98 Å². The molecule has 0 atom stereocenters. The summed E-state index contributed by atoms with van der Waals surface area (Å²) in [6, 6.07) is 7.87. The van der Waals surface area contributed by atoms with Crippen LogP contribution in [0.25, 0.3) is 17.2 Å². The number of nitrogens with zero attached hydrogens (tertiary/aromatic N) is 2. The molecule has 2 aromatic carbocycles. The third-order valence-corrected chi connectivity index (χ3v) is 6.85. The summed E-state index contributed by atoms with van der Waals surface area (Å²) in [7, 11) is 0. The highest BCUT2D eigenvalue weighted by Crippen LogP contribution is 2.40. The van der Waals surface area contributed by atoms with Gasteiger partial charge in [0.25, 0.3) is 0 Å². The molecule has 33 heavy (non-hydrogen) atoms. The molecule has 0 radical (unpaired) electrons. The van der Waals surface area contributed by atoms with Crippen molar-refractivity contribution < 1.29 is 9.52 Å². The van der Waals surface area contributed by atoms with Crippen LogP contribution in [0, 0.1) is 0 Å². The van der Waals surface area contributed by atoms with Crippen LogP contribution in [0.1, 0.15) is 69.7 Å². The lowest BCUT2D eigenvalue weighted by Gasteiger charge is -2.28. The molecule has 1 aliphatic rings. The number of halogens is 1. The van der Waals surface area contributed by atoms with Crippen LogP contribution >= 0.6 is 23.4 Å². The van der Waals surface area contributed by atoms with Crippen LogP contribution in [0.5, 0.6) is 5.75 Å². The molecule has 174 valence electrons. The standard InChI is InChI=1S/C27H31ClN2O2S/c1-26(2,3)19-11-16(12-20(24(19)31)27(4,5)6)13-22-30-21-15-18(28)14-17(25(21)32-22)7-8-23-29-9-10-33-23/h7-8,11-12,14-15,31H,9-10,13H2,1-6H3/b8-7+. The highest BCUT2D eigenvalue weighted by atomic mass is 35.5. The zero-order valence-electron chi connectivity index (χ0n) is 20.1. The van der Waals surface area contributed by atoms with Crippen molar-refractivity contribution in [2.75, 3.05) is 12.3 Å². The first-order valence-electron chi connectivity index (χ1n) is 11.2. The van der Waals surface area contributed by atoms with Crippen molar-refractivity contribution in [1.82, 2.24) is 4.98 Å². The summed E-state index contributed by atoms with van der Waals surface area (Å²) in [5.41, 5.74) is 4.91. The Bertz CT molecular complexity index is 1220. The summed E-state index contributed by atoms with van der Waals surface area (Å²) >= 11 is 8.12. The zero-order chi connectivity index (χ0) is 24.0. The topological polar surface area (TPSA) is 58.6 Å². The molecule has 1 N–H and O–H groups in total. The Kier molecular flexibility index (Phi) is 6.41. The Morgan fingerprint density at radius 2 is 1.70 bits per heavy atom. The maximum atomic E-state index is 11.0. The van der Waals surface area contributed by atoms with Gasteiger partial charge in [0.15, 0.2) is 11.5 Å². The molecule has 0 saturated heterocycles. The second-order valence-corrected chi connectivity index (χ2v) is 12.1. The van der Waals surface area contributed by atoms with E-state index in [0.29, 0.717) is 23.1 Å². The number of phenolic OH excluding ortho intramolecular Hbond substituents is 1. The van der Waals surface area contributed by atoms with Crippen molar-refractivity contribution in [2.45, 2.75) is 58.8 Å². The Balaban J connectivity index is 1.74. The lowest BCUT2D eigenvalue weighted by Crippen LogP contribution is -2.18. The fraction of sp³-hybridized carbons (Fsp3) is 0.407.